The zero-order chi connectivity index (χ0) is 23.5. The Kier molecular flexibility index (Phi) is 5.57. The van der Waals surface area contributed by atoms with Gasteiger partial charge in [0.2, 0.25) is 11.8 Å². The summed E-state index contributed by atoms with van der Waals surface area (Å²) in [5.41, 5.74) is 5.54. The highest BCUT2D eigenvalue weighted by molar-refractivity contribution is 5.99. The van der Waals surface area contributed by atoms with Gasteiger partial charge in [0, 0.05) is 41.5 Å². The molecule has 0 saturated heterocycles. The SMILES string of the molecule is C=CC(=O)Nc1cccc(Oc2cnc3[nH]cc(-c4cn(Cc5ccccn5)nc4C)c3n2)c1. The van der Waals surface area contributed by atoms with Gasteiger partial charge < -0.3 is 15.0 Å². The molecule has 0 radical (unpaired) electrons. The first-order chi connectivity index (χ1) is 16.6. The summed E-state index contributed by atoms with van der Waals surface area (Å²) in [6.07, 6.45) is 8.38. The van der Waals surface area contributed by atoms with E-state index in [1.165, 1.54) is 6.08 Å². The molecule has 9 nitrogen and oxygen atoms in total. The number of pyridine rings is 1. The van der Waals surface area contributed by atoms with Crippen molar-refractivity contribution >= 4 is 22.8 Å². The molecular weight excluding hydrogens is 430 g/mol. The van der Waals surface area contributed by atoms with Crippen molar-refractivity contribution in [2.75, 3.05) is 5.32 Å². The molecule has 0 aliphatic heterocycles. The highest BCUT2D eigenvalue weighted by atomic mass is 16.5. The number of nitrogens with one attached hydrogen (secondary N) is 2. The highest BCUT2D eigenvalue weighted by Gasteiger charge is 2.16. The van der Waals surface area contributed by atoms with Gasteiger partial charge in [-0.05, 0) is 37.3 Å². The van der Waals surface area contributed by atoms with Crippen LogP contribution >= 0.6 is 0 Å². The molecule has 1 aromatic carbocycles. The smallest absolute Gasteiger partial charge is 0.247 e. The normalized spacial score (nSPS) is 10.9. The van der Waals surface area contributed by atoms with E-state index in [0.717, 1.165) is 22.5 Å². The van der Waals surface area contributed by atoms with E-state index in [-0.39, 0.29) is 5.91 Å². The number of benzene rings is 1. The van der Waals surface area contributed by atoms with Gasteiger partial charge in [-0.3, -0.25) is 14.5 Å². The summed E-state index contributed by atoms with van der Waals surface area (Å²) in [6.45, 7) is 5.99. The predicted octanol–water partition coefficient (Wildman–Crippen LogP) is 4.49. The van der Waals surface area contributed by atoms with E-state index in [4.69, 9.17) is 4.74 Å². The average Bonchev–Trinajstić information content (AvgIpc) is 3.42. The van der Waals surface area contributed by atoms with Crippen LogP contribution in [0.2, 0.25) is 0 Å². The number of nitrogens with zero attached hydrogens (tertiary/aromatic N) is 5. The van der Waals surface area contributed by atoms with Crippen molar-refractivity contribution in [3.63, 3.8) is 0 Å². The third-order valence-electron chi connectivity index (χ3n) is 5.15. The number of fused-ring (bicyclic) bond motifs is 1. The van der Waals surface area contributed by atoms with Crippen molar-refractivity contribution in [3.05, 3.63) is 91.3 Å². The van der Waals surface area contributed by atoms with Crippen LogP contribution in [0.1, 0.15) is 11.4 Å². The summed E-state index contributed by atoms with van der Waals surface area (Å²) >= 11 is 0. The molecule has 5 aromatic rings. The first-order valence-electron chi connectivity index (χ1n) is 10.6. The molecule has 0 unspecified atom stereocenters. The summed E-state index contributed by atoms with van der Waals surface area (Å²) in [5.74, 6) is 0.556. The van der Waals surface area contributed by atoms with E-state index >= 15 is 0 Å². The lowest BCUT2D eigenvalue weighted by atomic mass is 10.1. The molecule has 168 valence electrons. The molecular formula is C25H21N7O2. The quantitative estimate of drug-likeness (QED) is 0.353. The van der Waals surface area contributed by atoms with Crippen LogP contribution in [-0.4, -0.2) is 35.6 Å². The Hall–Kier alpha value is -4.79. The Bertz CT molecular complexity index is 1490. The fourth-order valence-electron chi connectivity index (χ4n) is 3.60. The standard InChI is InChI=1S/C25H21N7O2/c1-3-22(33)29-17-8-6-9-19(11-17)34-23-13-28-25-24(30-23)20(12-27-25)21-15-32(31-16(21)2)14-18-7-4-5-10-26-18/h3-13,15H,1,14H2,2H3,(H,27,28)(H,29,33). The average molecular weight is 451 g/mol. The fourth-order valence-corrected chi connectivity index (χ4v) is 3.60. The molecule has 2 N–H and O–H groups in total. The summed E-state index contributed by atoms with van der Waals surface area (Å²) in [5, 5.41) is 7.35. The van der Waals surface area contributed by atoms with E-state index < -0.39 is 0 Å². The molecule has 0 aliphatic carbocycles. The van der Waals surface area contributed by atoms with Crippen LogP contribution < -0.4 is 10.1 Å². The molecule has 0 atom stereocenters. The Morgan fingerprint density at radius 2 is 2.12 bits per heavy atom. The van der Waals surface area contributed by atoms with E-state index in [9.17, 15) is 4.79 Å². The van der Waals surface area contributed by atoms with E-state index in [2.05, 4.69) is 36.9 Å². The number of aromatic amines is 1. The molecule has 0 bridgehead atoms. The largest absolute Gasteiger partial charge is 0.437 e. The number of hydrogen-bond donors (Lipinski definition) is 2. The van der Waals surface area contributed by atoms with E-state index in [1.54, 1.807) is 36.7 Å². The van der Waals surface area contributed by atoms with Gasteiger partial charge in [0.25, 0.3) is 0 Å². The molecule has 4 heterocycles. The lowest BCUT2D eigenvalue weighted by Crippen LogP contribution is -2.07. The molecule has 0 spiro atoms. The molecule has 0 fully saturated rings. The molecule has 34 heavy (non-hydrogen) atoms. The molecule has 1 amide bonds. The number of anilines is 1. The molecule has 4 aromatic heterocycles. The predicted molar refractivity (Wildman–Crippen MR) is 129 cm³/mol. The maximum absolute atomic E-state index is 11.6. The zero-order valence-corrected chi connectivity index (χ0v) is 18.4. The Morgan fingerprint density at radius 3 is 2.94 bits per heavy atom. The first-order valence-corrected chi connectivity index (χ1v) is 10.6. The first kappa shape index (κ1) is 21.1. The van der Waals surface area contributed by atoms with Gasteiger partial charge in [-0.25, -0.2) is 9.97 Å². The second kappa shape index (κ2) is 8.99. The summed E-state index contributed by atoms with van der Waals surface area (Å²) < 4.78 is 7.79. The van der Waals surface area contributed by atoms with Crippen LogP contribution in [0.25, 0.3) is 22.3 Å². The molecule has 9 heteroatoms. The monoisotopic (exact) mass is 451 g/mol. The van der Waals surface area contributed by atoms with Crippen LogP contribution in [0.5, 0.6) is 11.6 Å². The van der Waals surface area contributed by atoms with Crippen molar-refractivity contribution in [2.24, 2.45) is 0 Å². The minimum Gasteiger partial charge on any atom is -0.437 e. The number of aryl methyl sites for hydroxylation is 1. The van der Waals surface area contributed by atoms with Crippen LogP contribution in [0.15, 0.2) is 79.9 Å². The van der Waals surface area contributed by atoms with Gasteiger partial charge in [-0.2, -0.15) is 5.10 Å². The zero-order valence-electron chi connectivity index (χ0n) is 18.4. The topological polar surface area (TPSA) is 111 Å². The second-order valence-electron chi connectivity index (χ2n) is 7.58. The lowest BCUT2D eigenvalue weighted by molar-refractivity contribution is -0.111. The molecule has 0 aliphatic rings. The minimum absolute atomic E-state index is 0.297. The third kappa shape index (κ3) is 4.40. The van der Waals surface area contributed by atoms with Gasteiger partial charge in [-0.1, -0.05) is 18.7 Å². The van der Waals surface area contributed by atoms with Gasteiger partial charge in [0.15, 0.2) is 5.65 Å². The van der Waals surface area contributed by atoms with Crippen molar-refractivity contribution in [2.45, 2.75) is 13.5 Å². The summed E-state index contributed by atoms with van der Waals surface area (Å²) in [7, 11) is 0. The Labute approximate surface area is 195 Å². The lowest BCUT2D eigenvalue weighted by Gasteiger charge is -2.07. The van der Waals surface area contributed by atoms with Crippen LogP contribution in [0.4, 0.5) is 5.69 Å². The Morgan fingerprint density at radius 1 is 1.21 bits per heavy atom. The van der Waals surface area contributed by atoms with Crippen molar-refractivity contribution in [1.82, 2.24) is 29.7 Å². The fraction of sp³-hybridized carbons (Fsp3) is 0.0800. The number of ether oxygens (including phenoxy) is 1. The van der Waals surface area contributed by atoms with Gasteiger partial charge >= 0.3 is 0 Å². The second-order valence-corrected chi connectivity index (χ2v) is 7.58. The molecule has 0 saturated carbocycles. The maximum atomic E-state index is 11.6. The summed E-state index contributed by atoms with van der Waals surface area (Å²) in [4.78, 5) is 28.2. The molecule has 5 rings (SSSR count). The van der Waals surface area contributed by atoms with Crippen molar-refractivity contribution in [3.8, 4) is 22.8 Å². The van der Waals surface area contributed by atoms with E-state index in [0.29, 0.717) is 35.0 Å². The summed E-state index contributed by atoms with van der Waals surface area (Å²) in [6, 6.07) is 12.8. The van der Waals surface area contributed by atoms with Crippen molar-refractivity contribution in [1.29, 1.82) is 0 Å². The van der Waals surface area contributed by atoms with Crippen LogP contribution in [0.3, 0.4) is 0 Å². The number of H-pyrrole nitrogens is 1. The third-order valence-corrected chi connectivity index (χ3v) is 5.15. The van der Waals surface area contributed by atoms with Gasteiger partial charge in [0.05, 0.1) is 24.1 Å². The number of carbonyl (C=O) groups is 1. The van der Waals surface area contributed by atoms with E-state index in [1.807, 2.05) is 42.2 Å². The number of carbonyl (C=O) groups excluding carboxylic acids is 1. The van der Waals surface area contributed by atoms with Gasteiger partial charge in [-0.15, -0.1) is 0 Å². The van der Waals surface area contributed by atoms with Crippen LogP contribution in [0, 0.1) is 6.92 Å². The maximum Gasteiger partial charge on any atom is 0.247 e. The number of aromatic nitrogens is 6. The number of rotatable bonds is 7. The minimum atomic E-state index is -0.297. The number of amides is 1. The highest BCUT2D eigenvalue weighted by Crippen LogP contribution is 2.31. The Balaban J connectivity index is 1.43. The van der Waals surface area contributed by atoms with Crippen LogP contribution in [-0.2, 0) is 11.3 Å². The number of hydrogen-bond acceptors (Lipinski definition) is 6. The van der Waals surface area contributed by atoms with Crippen molar-refractivity contribution < 1.29 is 9.53 Å². The van der Waals surface area contributed by atoms with Gasteiger partial charge in [0.1, 0.15) is 11.3 Å².